The number of hydrogen-bond donors (Lipinski definition) is 5. The number of nitrogens with zero attached hydrogens (tertiary/aromatic N) is 5. The van der Waals surface area contributed by atoms with E-state index in [4.69, 9.17) is 49.5 Å². The second kappa shape index (κ2) is 27.5. The molecule has 3 saturated heterocycles. The number of ether oxygens (including phenoxy) is 8. The maximum Gasteiger partial charge on any atom is 0.407 e. The number of aliphatic hydroxyl groups is 3. The maximum atomic E-state index is 15.0. The number of rotatable bonds is 15. The first kappa shape index (κ1) is 63.7. The van der Waals surface area contributed by atoms with Crippen molar-refractivity contribution in [2.75, 3.05) is 34.8 Å². The van der Waals surface area contributed by atoms with Crippen molar-refractivity contribution in [1.82, 2.24) is 35.4 Å². The lowest BCUT2D eigenvalue weighted by Crippen LogP contribution is -2.61. The van der Waals surface area contributed by atoms with Crippen LogP contribution in [0.15, 0.2) is 60.8 Å². The molecule has 0 saturated carbocycles. The van der Waals surface area contributed by atoms with Crippen LogP contribution < -0.4 is 10.6 Å². The summed E-state index contributed by atoms with van der Waals surface area (Å²) in [7, 11) is 7.07. The fourth-order valence-electron chi connectivity index (χ4n) is 11.7. The lowest BCUT2D eigenvalue weighted by molar-refractivity contribution is -0.317. The van der Waals surface area contributed by atoms with Gasteiger partial charge in [0.05, 0.1) is 55.2 Å². The van der Waals surface area contributed by atoms with Gasteiger partial charge in [-0.25, -0.2) is 14.3 Å². The van der Waals surface area contributed by atoms with Gasteiger partial charge < -0.3 is 68.7 Å². The van der Waals surface area contributed by atoms with Gasteiger partial charge in [0.25, 0.3) is 0 Å². The monoisotopic (exact) mass is 1130 g/mol. The summed E-state index contributed by atoms with van der Waals surface area (Å²) in [4.78, 5) is 46.0. The first-order valence-corrected chi connectivity index (χ1v) is 28.0. The number of nitrogens with one attached hydrogen (secondary N) is 2. The Balaban J connectivity index is 1.29. The molecule has 0 radical (unpaired) electrons. The van der Waals surface area contributed by atoms with Crippen molar-refractivity contribution in [3.8, 4) is 0 Å². The number of aliphatic hydroxyl groups excluding tert-OH is 1. The Hall–Kier alpha value is -4.52. The van der Waals surface area contributed by atoms with E-state index in [1.165, 1.54) is 14.0 Å². The zero-order valence-electron chi connectivity index (χ0n) is 48.5. The molecule has 2 aromatic carbocycles. The smallest absolute Gasteiger partial charge is 0.407 e. The first-order valence-electron chi connectivity index (χ1n) is 27.6. The van der Waals surface area contributed by atoms with Crippen LogP contribution in [0, 0.1) is 17.8 Å². The molecule has 0 unspecified atom stereocenters. The molecular weight excluding hydrogens is 1040 g/mol. The van der Waals surface area contributed by atoms with Crippen LogP contribution in [0.25, 0.3) is 0 Å². The Morgan fingerprint density at radius 2 is 1.54 bits per heavy atom. The number of benzene rings is 2. The van der Waals surface area contributed by atoms with Crippen LogP contribution in [0.1, 0.15) is 112 Å². The van der Waals surface area contributed by atoms with Gasteiger partial charge in [-0.05, 0) is 118 Å². The number of carbonyl (C=O) groups excluding carboxylic acids is 3. The third kappa shape index (κ3) is 16.4. The average molecular weight is 1130 g/mol. The summed E-state index contributed by atoms with van der Waals surface area (Å²) in [6, 6.07) is 15.7. The topological polar surface area (TPSA) is 247 Å². The van der Waals surface area contributed by atoms with Crippen LogP contribution in [-0.2, 0) is 62.3 Å². The van der Waals surface area contributed by atoms with Gasteiger partial charge in [0, 0.05) is 49.6 Å². The normalized spacial score (nSPS) is 36.3. The van der Waals surface area contributed by atoms with E-state index in [0.29, 0.717) is 30.2 Å². The van der Waals surface area contributed by atoms with E-state index >= 15 is 0 Å². The molecule has 21 nitrogen and oxygen atoms in total. The van der Waals surface area contributed by atoms with E-state index in [-0.39, 0.29) is 50.4 Å². The summed E-state index contributed by atoms with van der Waals surface area (Å²) in [5.74, 6) is -3.06. The van der Waals surface area contributed by atoms with Crippen LogP contribution in [0.4, 0.5) is 9.59 Å². The van der Waals surface area contributed by atoms with E-state index in [0.717, 1.165) is 11.1 Å². The van der Waals surface area contributed by atoms with E-state index in [9.17, 15) is 29.7 Å². The minimum atomic E-state index is -1.95. The molecule has 4 heterocycles. The third-order valence-corrected chi connectivity index (χ3v) is 16.3. The number of hydrogen-bond acceptors (Lipinski definition) is 18. The Labute approximate surface area is 471 Å². The Kier molecular flexibility index (Phi) is 22.2. The fraction of sp³-hybridized carbons (Fsp3) is 0.702. The van der Waals surface area contributed by atoms with Gasteiger partial charge in [-0.15, -0.1) is 5.10 Å². The van der Waals surface area contributed by atoms with E-state index in [1.54, 1.807) is 58.5 Å². The lowest BCUT2D eigenvalue weighted by atomic mass is 9.77. The second-order valence-electron chi connectivity index (χ2n) is 23.2. The number of esters is 1. The van der Waals surface area contributed by atoms with Crippen molar-refractivity contribution in [3.63, 3.8) is 0 Å². The molecule has 3 aliphatic heterocycles. The molecule has 6 rings (SSSR count). The van der Waals surface area contributed by atoms with Gasteiger partial charge in [-0.2, -0.15) is 0 Å². The number of alkyl carbamates (subject to hydrolysis) is 2. The van der Waals surface area contributed by atoms with Crippen LogP contribution in [0.2, 0.25) is 5.02 Å². The van der Waals surface area contributed by atoms with Crippen LogP contribution in [0.3, 0.4) is 0 Å². The second-order valence-corrected chi connectivity index (χ2v) is 23.6. The zero-order valence-corrected chi connectivity index (χ0v) is 49.3. The highest BCUT2D eigenvalue weighted by Crippen LogP contribution is 2.41. The van der Waals surface area contributed by atoms with Gasteiger partial charge in [0.15, 0.2) is 24.8 Å². The first-order chi connectivity index (χ1) is 37.2. The summed E-state index contributed by atoms with van der Waals surface area (Å²) >= 11 is 6.16. The van der Waals surface area contributed by atoms with Gasteiger partial charge in [-0.1, -0.05) is 80.1 Å². The summed E-state index contributed by atoms with van der Waals surface area (Å²) in [6.45, 7) is 18.5. The largest absolute Gasteiger partial charge is 0.459 e. The van der Waals surface area contributed by atoms with Crippen molar-refractivity contribution in [2.24, 2.45) is 17.8 Å². The maximum absolute atomic E-state index is 15.0. The van der Waals surface area contributed by atoms with Crippen molar-refractivity contribution in [3.05, 3.63) is 82.6 Å². The molecule has 79 heavy (non-hydrogen) atoms. The Morgan fingerprint density at radius 1 is 0.886 bits per heavy atom. The number of halogens is 1. The van der Waals surface area contributed by atoms with Crippen molar-refractivity contribution in [1.29, 1.82) is 0 Å². The number of likely N-dealkylation sites (N-methyl/N-ethyl adjacent to an activating group) is 2. The molecule has 22 heteroatoms. The number of aromatic nitrogens is 3. The quantitative estimate of drug-likeness (QED) is 0.0857. The standard InChI is InChI=1S/C57H88ClN7O14/c1-15-44-57(10,71)49(78-53(68)59-28-39-20-17-16-18-21-39)37(6)64(13)30-33(2)26-55(8,70)48(77-52-46(66)43(63(11)12)24-34(3)73-52)35(4)47(36(5)51(67)75-44)76-45-27-56(9,72-14)50(38(7)74-45)79-54(69)60-29-42-32-65(62-61-42)31-40-22-19-23-41(58)25-40/h16-23,25,32-38,43-50,52,66,70-71H,15,24,26-31H2,1-14H3,(H,59,68)(H,60,69)/t33-,34-,35+,36-,37+,38+,43+,44+,45+,46-,47-,48-,49+,50+,52+,55-,56-,57-/m1/s1. The van der Waals surface area contributed by atoms with Gasteiger partial charge >= 0.3 is 18.2 Å². The molecule has 3 aliphatic rings. The van der Waals surface area contributed by atoms with Crippen molar-refractivity contribution in [2.45, 2.75) is 205 Å². The summed E-state index contributed by atoms with van der Waals surface area (Å²) in [6.07, 6.45) is -9.34. The predicted octanol–water partition coefficient (Wildman–Crippen LogP) is 6.06. The molecule has 2 amide bonds. The van der Waals surface area contributed by atoms with Crippen LogP contribution in [-0.4, -0.2) is 183 Å². The van der Waals surface area contributed by atoms with Gasteiger partial charge in [-0.3, -0.25) is 9.69 Å². The fourth-order valence-corrected chi connectivity index (χ4v) is 11.9. The highest BCUT2D eigenvalue weighted by molar-refractivity contribution is 6.30. The molecule has 3 aromatic rings. The molecule has 0 spiro atoms. The summed E-state index contributed by atoms with van der Waals surface area (Å²) in [5.41, 5.74) is -2.57. The van der Waals surface area contributed by atoms with Crippen LogP contribution >= 0.6 is 11.6 Å². The van der Waals surface area contributed by atoms with E-state index in [2.05, 4.69) is 20.9 Å². The number of amides is 2. The highest BCUT2D eigenvalue weighted by atomic mass is 35.5. The van der Waals surface area contributed by atoms with E-state index < -0.39 is 108 Å². The average Bonchev–Trinajstić information content (AvgIpc) is 3.94. The number of cyclic esters (lactones) is 1. The summed E-state index contributed by atoms with van der Waals surface area (Å²) in [5, 5.41) is 52.0. The SMILES string of the molecule is CC[C@@H]1OC(=O)[C@H](C)[C@H](O[C@H]2C[C@@](C)(OC)[C@@H](OC(=O)NCc3cn(Cc4cccc(Cl)c4)nn3)[C@H](C)O2)[C@H](C)[C@@H](O[C@@H]2O[C@H](C)C[C@H](N(C)C)[C@H]2O)[C@](C)(O)C[C@@H](C)CN(C)[C@@H](C)[C@H](OC(=O)NCc2ccccc2)[C@]1(C)O. The molecule has 0 bridgehead atoms. The third-order valence-electron chi connectivity index (χ3n) is 16.1. The molecule has 5 N–H and O–H groups in total. The van der Waals surface area contributed by atoms with Gasteiger partial charge in [0.2, 0.25) is 0 Å². The molecule has 1 aromatic heterocycles. The predicted molar refractivity (Wildman–Crippen MR) is 293 cm³/mol. The Bertz CT molecular complexity index is 2440. The number of carbonyl (C=O) groups is 3. The van der Waals surface area contributed by atoms with Crippen LogP contribution in [0.5, 0.6) is 0 Å². The molecule has 18 atom stereocenters. The van der Waals surface area contributed by atoms with Crippen molar-refractivity contribution < 1.29 is 67.6 Å². The molecule has 0 aliphatic carbocycles. The summed E-state index contributed by atoms with van der Waals surface area (Å²) < 4.78 is 53.0. The molecular formula is C57H88ClN7O14. The minimum absolute atomic E-state index is 0.00189. The Morgan fingerprint density at radius 3 is 2.19 bits per heavy atom. The molecule has 442 valence electrons. The number of methoxy groups -OCH3 is 1. The lowest BCUT2D eigenvalue weighted by Gasteiger charge is -2.49. The van der Waals surface area contributed by atoms with E-state index in [1.807, 2.05) is 100 Å². The van der Waals surface area contributed by atoms with Gasteiger partial charge in [0.1, 0.15) is 29.1 Å². The van der Waals surface area contributed by atoms with Crippen molar-refractivity contribution >= 4 is 29.8 Å². The molecule has 3 fully saturated rings. The minimum Gasteiger partial charge on any atom is -0.459 e. The zero-order chi connectivity index (χ0) is 58.1. The highest BCUT2D eigenvalue weighted by Gasteiger charge is 2.54.